The maximum Gasteiger partial charge on any atom is 0.165 e. The maximum absolute atomic E-state index is 12.2. The summed E-state index contributed by atoms with van der Waals surface area (Å²) in [6, 6.07) is 7.74. The van der Waals surface area contributed by atoms with Gasteiger partial charge in [0, 0.05) is 29.2 Å². The number of ketones is 2. The van der Waals surface area contributed by atoms with E-state index in [2.05, 4.69) is 0 Å². The fraction of sp³-hybridized carbons (Fsp3) is 0.429. The summed E-state index contributed by atoms with van der Waals surface area (Å²) in [5.74, 6) is 0.546. The van der Waals surface area contributed by atoms with Gasteiger partial charge in [0.05, 0.1) is 0 Å². The highest BCUT2D eigenvalue weighted by atomic mass is 32.2. The van der Waals surface area contributed by atoms with Crippen LogP contribution in [0.3, 0.4) is 0 Å². The molecule has 0 atom stereocenters. The molecule has 1 fully saturated rings. The van der Waals surface area contributed by atoms with E-state index in [0.717, 1.165) is 18.4 Å². The Morgan fingerprint density at radius 2 is 1.76 bits per heavy atom. The topological polar surface area (TPSA) is 34.1 Å². The lowest BCUT2D eigenvalue weighted by molar-refractivity contribution is -0.120. The van der Waals surface area contributed by atoms with E-state index >= 15 is 0 Å². The van der Waals surface area contributed by atoms with E-state index in [-0.39, 0.29) is 11.7 Å². The highest BCUT2D eigenvalue weighted by Crippen LogP contribution is 2.26. The molecule has 90 valence electrons. The molecule has 1 aliphatic carbocycles. The molecule has 0 aliphatic heterocycles. The summed E-state index contributed by atoms with van der Waals surface area (Å²) in [6.45, 7) is 0. The van der Waals surface area contributed by atoms with Gasteiger partial charge >= 0.3 is 0 Å². The Hall–Kier alpha value is -1.09. The van der Waals surface area contributed by atoms with Crippen molar-refractivity contribution in [2.45, 2.75) is 30.6 Å². The van der Waals surface area contributed by atoms with E-state index in [0.29, 0.717) is 18.6 Å². The molecule has 1 aromatic carbocycles. The van der Waals surface area contributed by atoms with E-state index in [1.54, 1.807) is 11.8 Å². The average Bonchev–Trinajstić information content (AvgIpc) is 2.39. The Bertz CT molecular complexity index is 412. The van der Waals surface area contributed by atoms with Crippen LogP contribution in [-0.2, 0) is 4.79 Å². The molecule has 0 amide bonds. The van der Waals surface area contributed by atoms with Crippen molar-refractivity contribution in [3.05, 3.63) is 29.8 Å². The molecule has 1 saturated carbocycles. The van der Waals surface area contributed by atoms with Gasteiger partial charge in [-0.1, -0.05) is 12.1 Å². The summed E-state index contributed by atoms with van der Waals surface area (Å²) < 4.78 is 0. The number of thioether (sulfide) groups is 1. The van der Waals surface area contributed by atoms with Crippen LogP contribution < -0.4 is 0 Å². The first-order valence-electron chi connectivity index (χ1n) is 5.90. The minimum Gasteiger partial charge on any atom is -0.300 e. The lowest BCUT2D eigenvalue weighted by atomic mass is 9.83. The number of hydrogen-bond donors (Lipinski definition) is 0. The summed E-state index contributed by atoms with van der Waals surface area (Å²) in [6.07, 6.45) is 4.60. The third-order valence-electron chi connectivity index (χ3n) is 3.29. The van der Waals surface area contributed by atoms with Crippen molar-refractivity contribution in [1.29, 1.82) is 0 Å². The lowest BCUT2D eigenvalue weighted by Crippen LogP contribution is -2.21. The highest BCUT2D eigenvalue weighted by molar-refractivity contribution is 7.98. The fourth-order valence-corrected chi connectivity index (χ4v) is 2.60. The predicted molar refractivity (Wildman–Crippen MR) is 69.5 cm³/mol. The zero-order valence-corrected chi connectivity index (χ0v) is 10.8. The fourth-order valence-electron chi connectivity index (χ4n) is 2.19. The van der Waals surface area contributed by atoms with Gasteiger partial charge in [-0.05, 0) is 31.2 Å². The van der Waals surface area contributed by atoms with E-state index in [1.165, 1.54) is 4.90 Å². The SMILES string of the molecule is CSc1ccc(C(=O)C2CCC(=O)CC2)cc1. The average molecular weight is 248 g/mol. The van der Waals surface area contributed by atoms with Crippen molar-refractivity contribution in [3.63, 3.8) is 0 Å². The molecule has 0 saturated heterocycles. The van der Waals surface area contributed by atoms with Crippen LogP contribution >= 0.6 is 11.8 Å². The normalized spacial score (nSPS) is 17.1. The molecule has 0 radical (unpaired) electrons. The monoisotopic (exact) mass is 248 g/mol. The van der Waals surface area contributed by atoms with Gasteiger partial charge in [0.25, 0.3) is 0 Å². The molecule has 0 bridgehead atoms. The molecular formula is C14H16O2S. The Morgan fingerprint density at radius 1 is 1.18 bits per heavy atom. The second kappa shape index (κ2) is 5.50. The quantitative estimate of drug-likeness (QED) is 0.607. The Balaban J connectivity index is 2.05. The standard InChI is InChI=1S/C14H16O2S/c1-17-13-8-4-11(5-9-13)14(16)10-2-6-12(15)7-3-10/h4-5,8-10H,2-3,6-7H2,1H3. The smallest absolute Gasteiger partial charge is 0.165 e. The molecule has 0 aromatic heterocycles. The van der Waals surface area contributed by atoms with E-state index < -0.39 is 0 Å². The second-order valence-corrected chi connectivity index (χ2v) is 5.29. The van der Waals surface area contributed by atoms with Crippen molar-refractivity contribution in [1.82, 2.24) is 0 Å². The number of hydrogen-bond acceptors (Lipinski definition) is 3. The van der Waals surface area contributed by atoms with Crippen molar-refractivity contribution >= 4 is 23.3 Å². The van der Waals surface area contributed by atoms with Crippen molar-refractivity contribution in [2.24, 2.45) is 5.92 Å². The minimum atomic E-state index is 0.0489. The molecule has 0 unspecified atom stereocenters. The summed E-state index contributed by atoms with van der Waals surface area (Å²) >= 11 is 1.67. The largest absolute Gasteiger partial charge is 0.300 e. The van der Waals surface area contributed by atoms with Crippen LogP contribution in [0.25, 0.3) is 0 Å². The molecule has 1 aromatic rings. The molecule has 2 nitrogen and oxygen atoms in total. The van der Waals surface area contributed by atoms with Gasteiger partial charge in [-0.3, -0.25) is 9.59 Å². The van der Waals surface area contributed by atoms with Crippen LogP contribution in [0.1, 0.15) is 36.0 Å². The number of benzene rings is 1. The van der Waals surface area contributed by atoms with Gasteiger partial charge in [0.2, 0.25) is 0 Å². The zero-order chi connectivity index (χ0) is 12.3. The first kappa shape index (κ1) is 12.4. The highest BCUT2D eigenvalue weighted by Gasteiger charge is 2.25. The van der Waals surface area contributed by atoms with Gasteiger partial charge < -0.3 is 0 Å². The van der Waals surface area contributed by atoms with Crippen LogP contribution in [0.4, 0.5) is 0 Å². The van der Waals surface area contributed by atoms with Gasteiger partial charge in [-0.25, -0.2) is 0 Å². The lowest BCUT2D eigenvalue weighted by Gasteiger charge is -2.19. The predicted octanol–water partition coefficient (Wildman–Crippen LogP) is 3.35. The van der Waals surface area contributed by atoms with Crippen molar-refractivity contribution in [2.75, 3.05) is 6.26 Å². The molecule has 0 N–H and O–H groups in total. The van der Waals surface area contributed by atoms with Crippen LogP contribution in [-0.4, -0.2) is 17.8 Å². The van der Waals surface area contributed by atoms with Crippen molar-refractivity contribution in [3.8, 4) is 0 Å². The molecule has 1 aliphatic rings. The summed E-state index contributed by atoms with van der Waals surface area (Å²) in [5.41, 5.74) is 0.780. The molecule has 17 heavy (non-hydrogen) atoms. The van der Waals surface area contributed by atoms with Gasteiger partial charge in [0.1, 0.15) is 5.78 Å². The van der Waals surface area contributed by atoms with Crippen LogP contribution in [0, 0.1) is 5.92 Å². The van der Waals surface area contributed by atoms with E-state index in [1.807, 2.05) is 30.5 Å². The minimum absolute atomic E-state index is 0.0489. The van der Waals surface area contributed by atoms with Crippen LogP contribution in [0.2, 0.25) is 0 Å². The number of carbonyl (C=O) groups is 2. The Labute approximate surface area is 106 Å². The van der Waals surface area contributed by atoms with Gasteiger partial charge in [-0.15, -0.1) is 11.8 Å². The summed E-state index contributed by atoms with van der Waals surface area (Å²) in [4.78, 5) is 24.5. The first-order chi connectivity index (χ1) is 8.20. The first-order valence-corrected chi connectivity index (χ1v) is 7.13. The number of Topliss-reactive ketones (excluding diaryl/α,β-unsaturated/α-hetero) is 2. The molecule has 3 heteroatoms. The van der Waals surface area contributed by atoms with Crippen LogP contribution in [0.15, 0.2) is 29.2 Å². The Morgan fingerprint density at radius 3 is 2.29 bits per heavy atom. The van der Waals surface area contributed by atoms with E-state index in [9.17, 15) is 9.59 Å². The second-order valence-electron chi connectivity index (χ2n) is 4.41. The molecule has 0 heterocycles. The summed E-state index contributed by atoms with van der Waals surface area (Å²) in [7, 11) is 0. The Kier molecular flexibility index (Phi) is 4.00. The van der Waals surface area contributed by atoms with E-state index in [4.69, 9.17) is 0 Å². The van der Waals surface area contributed by atoms with Crippen LogP contribution in [0.5, 0.6) is 0 Å². The maximum atomic E-state index is 12.2. The number of carbonyl (C=O) groups excluding carboxylic acids is 2. The third kappa shape index (κ3) is 2.97. The molecule has 2 rings (SSSR count). The van der Waals surface area contributed by atoms with Gasteiger partial charge in [-0.2, -0.15) is 0 Å². The number of rotatable bonds is 3. The third-order valence-corrected chi connectivity index (χ3v) is 4.03. The van der Waals surface area contributed by atoms with Gasteiger partial charge in [0.15, 0.2) is 5.78 Å². The van der Waals surface area contributed by atoms with Crippen molar-refractivity contribution < 1.29 is 9.59 Å². The molecular weight excluding hydrogens is 232 g/mol. The summed E-state index contributed by atoms with van der Waals surface area (Å²) in [5, 5.41) is 0. The zero-order valence-electron chi connectivity index (χ0n) is 9.94. The molecule has 0 spiro atoms.